The van der Waals surface area contributed by atoms with E-state index in [-0.39, 0.29) is 0 Å². The number of aromatic nitrogens is 4. The van der Waals surface area contributed by atoms with Gasteiger partial charge in [-0.15, -0.1) is 0 Å². The molecule has 0 aliphatic rings. The molecule has 0 N–H and O–H groups in total. The Morgan fingerprint density at radius 3 is 1.65 bits per heavy atom. The molecular formula is C44H54N6O2. The third kappa shape index (κ3) is 8.92. The molecule has 0 atom stereocenters. The number of nitrogens with zero attached hydrogens (tertiary/aromatic N) is 6. The van der Waals surface area contributed by atoms with Crippen LogP contribution in [0.2, 0.25) is 0 Å². The average molecular weight is 699 g/mol. The number of fused-ring (bicyclic) bond motifs is 2. The monoisotopic (exact) mass is 698 g/mol. The van der Waals surface area contributed by atoms with Crippen LogP contribution in [0, 0.1) is 0 Å². The van der Waals surface area contributed by atoms with Gasteiger partial charge in [-0.3, -0.25) is 0 Å². The van der Waals surface area contributed by atoms with E-state index in [0.29, 0.717) is 26.3 Å². The average Bonchev–Trinajstić information content (AvgIpc) is 3.75. The molecular weight excluding hydrogens is 645 g/mol. The summed E-state index contributed by atoms with van der Waals surface area (Å²) in [5.41, 5.74) is 6.24. The quantitative estimate of drug-likeness (QED) is 0.0586. The molecule has 6 rings (SSSR count). The van der Waals surface area contributed by atoms with E-state index in [1.165, 1.54) is 0 Å². The van der Waals surface area contributed by atoms with Crippen LogP contribution in [-0.2, 0) is 13.1 Å². The zero-order valence-corrected chi connectivity index (χ0v) is 31.4. The largest absolute Gasteiger partial charge is 0.494 e. The van der Waals surface area contributed by atoms with Crippen molar-refractivity contribution in [1.29, 1.82) is 0 Å². The number of hydrogen-bond donors (Lipinski definition) is 0. The maximum Gasteiger partial charge on any atom is 0.145 e. The highest BCUT2D eigenvalue weighted by Crippen LogP contribution is 2.32. The molecule has 0 aliphatic carbocycles. The molecule has 0 saturated heterocycles. The predicted octanol–water partition coefficient (Wildman–Crippen LogP) is 9.20. The molecule has 0 unspecified atom stereocenters. The second kappa shape index (κ2) is 18.5. The molecule has 8 nitrogen and oxygen atoms in total. The van der Waals surface area contributed by atoms with Crippen LogP contribution in [0.25, 0.3) is 44.8 Å². The number of ether oxygens (including phenoxy) is 2. The molecule has 0 radical (unpaired) electrons. The Morgan fingerprint density at radius 2 is 1.06 bits per heavy atom. The van der Waals surface area contributed by atoms with Crippen LogP contribution in [0.4, 0.5) is 0 Å². The Labute approximate surface area is 309 Å². The summed E-state index contributed by atoms with van der Waals surface area (Å²) >= 11 is 0. The molecule has 0 fully saturated rings. The normalized spacial score (nSPS) is 11.9. The van der Waals surface area contributed by atoms with Gasteiger partial charge in [0.15, 0.2) is 0 Å². The Morgan fingerprint density at radius 1 is 0.558 bits per heavy atom. The van der Waals surface area contributed by atoms with Gasteiger partial charge in [-0.25, -0.2) is 9.97 Å². The number of benzene rings is 4. The molecule has 272 valence electrons. The van der Waals surface area contributed by atoms with Gasteiger partial charge in [0.05, 0.1) is 40.8 Å². The fraction of sp³-hybridized carbons (Fsp3) is 0.364. The minimum atomic E-state index is 0.668. The second-order valence-corrected chi connectivity index (χ2v) is 13.0. The molecule has 8 heteroatoms. The molecule has 0 amide bonds. The van der Waals surface area contributed by atoms with Gasteiger partial charge >= 0.3 is 0 Å². The molecule has 4 aromatic carbocycles. The topological polar surface area (TPSA) is 60.6 Å². The Hall–Kier alpha value is -4.92. The molecule has 0 spiro atoms. The summed E-state index contributed by atoms with van der Waals surface area (Å²) in [4.78, 5) is 15.0. The minimum Gasteiger partial charge on any atom is -0.494 e. The van der Waals surface area contributed by atoms with Gasteiger partial charge in [0.1, 0.15) is 23.1 Å². The number of allylic oxidation sites excluding steroid dienone is 2. The number of para-hydroxylation sites is 5. The van der Waals surface area contributed by atoms with Crippen molar-refractivity contribution in [3.05, 3.63) is 109 Å². The van der Waals surface area contributed by atoms with Crippen LogP contribution in [0.1, 0.15) is 40.5 Å². The third-order valence-corrected chi connectivity index (χ3v) is 9.84. The Balaban J connectivity index is 1.19. The summed E-state index contributed by atoms with van der Waals surface area (Å²) in [6.45, 7) is 17.9. The summed E-state index contributed by atoms with van der Waals surface area (Å²) in [6, 6.07) is 33.4. The Kier molecular flexibility index (Phi) is 13.1. The predicted molar refractivity (Wildman–Crippen MR) is 215 cm³/mol. The number of rotatable bonds is 20. The van der Waals surface area contributed by atoms with Crippen LogP contribution in [0.3, 0.4) is 0 Å². The molecule has 2 heterocycles. The van der Waals surface area contributed by atoms with Gasteiger partial charge in [0.2, 0.25) is 0 Å². The summed E-state index contributed by atoms with van der Waals surface area (Å²) in [6.07, 6.45) is 6.46. The lowest BCUT2D eigenvalue weighted by Crippen LogP contribution is -2.25. The van der Waals surface area contributed by atoms with Gasteiger partial charge in [-0.2, -0.15) is 0 Å². The van der Waals surface area contributed by atoms with Crippen molar-refractivity contribution in [3.63, 3.8) is 0 Å². The molecule has 0 bridgehead atoms. The molecule has 6 aromatic rings. The number of imidazole rings is 2. The lowest BCUT2D eigenvalue weighted by atomic mass is 10.2. The van der Waals surface area contributed by atoms with Gasteiger partial charge in [0, 0.05) is 31.7 Å². The zero-order valence-electron chi connectivity index (χ0n) is 31.4. The van der Waals surface area contributed by atoms with Crippen molar-refractivity contribution >= 4 is 22.1 Å². The van der Waals surface area contributed by atoms with Crippen LogP contribution in [0.15, 0.2) is 109 Å². The van der Waals surface area contributed by atoms with Crippen molar-refractivity contribution in [2.75, 3.05) is 52.5 Å². The SMILES string of the molecule is CCN(CC)CCCOc1ccc(-c2nc3ccccc3n2CC=CCn2c(-c3ccccc3OCCCN(CC)CC)nc3ccccc32)cc1. The maximum atomic E-state index is 6.38. The maximum absolute atomic E-state index is 6.38. The fourth-order valence-electron chi connectivity index (χ4n) is 6.81. The minimum absolute atomic E-state index is 0.668. The smallest absolute Gasteiger partial charge is 0.145 e. The van der Waals surface area contributed by atoms with E-state index < -0.39 is 0 Å². The van der Waals surface area contributed by atoms with Gasteiger partial charge in [0.25, 0.3) is 0 Å². The molecule has 52 heavy (non-hydrogen) atoms. The summed E-state index contributed by atoms with van der Waals surface area (Å²) in [7, 11) is 0. The van der Waals surface area contributed by atoms with Gasteiger partial charge in [-0.05, 0) is 99.7 Å². The van der Waals surface area contributed by atoms with E-state index in [1.54, 1.807) is 0 Å². The van der Waals surface area contributed by atoms with Crippen molar-refractivity contribution in [3.8, 4) is 34.3 Å². The van der Waals surface area contributed by atoms with Crippen molar-refractivity contribution in [1.82, 2.24) is 28.9 Å². The first-order chi connectivity index (χ1) is 25.6. The van der Waals surface area contributed by atoms with E-state index in [9.17, 15) is 0 Å². The van der Waals surface area contributed by atoms with Crippen molar-refractivity contribution < 1.29 is 9.47 Å². The lowest BCUT2D eigenvalue weighted by molar-refractivity contribution is 0.249. The van der Waals surface area contributed by atoms with Crippen LogP contribution in [0.5, 0.6) is 11.5 Å². The highest BCUT2D eigenvalue weighted by Gasteiger charge is 2.16. The van der Waals surface area contributed by atoms with Crippen LogP contribution >= 0.6 is 0 Å². The van der Waals surface area contributed by atoms with E-state index in [0.717, 1.165) is 108 Å². The zero-order chi connectivity index (χ0) is 36.1. The molecule has 0 saturated carbocycles. The summed E-state index contributed by atoms with van der Waals surface area (Å²) in [5.74, 6) is 3.61. The van der Waals surface area contributed by atoms with E-state index in [2.05, 4.69) is 138 Å². The lowest BCUT2D eigenvalue weighted by Gasteiger charge is -2.18. The van der Waals surface area contributed by atoms with Gasteiger partial charge < -0.3 is 28.4 Å². The second-order valence-electron chi connectivity index (χ2n) is 13.0. The van der Waals surface area contributed by atoms with Crippen LogP contribution < -0.4 is 9.47 Å². The Bertz CT molecular complexity index is 2020. The first-order valence-corrected chi connectivity index (χ1v) is 19.1. The third-order valence-electron chi connectivity index (χ3n) is 9.84. The number of hydrogen-bond acceptors (Lipinski definition) is 6. The van der Waals surface area contributed by atoms with E-state index >= 15 is 0 Å². The summed E-state index contributed by atoms with van der Waals surface area (Å²) < 4.78 is 17.0. The standard InChI is InChI=1S/C44H54N6O2/c1-5-47(6-2)29-17-33-51-36-27-25-35(26-28-36)43-45-38-20-10-12-22-40(38)49(43)31-15-16-32-50-41-23-13-11-21-39(41)46-44(50)37-19-9-14-24-42(37)52-34-18-30-48(7-3)8-4/h9-16,19-28H,5-8,17-18,29-34H2,1-4H3. The summed E-state index contributed by atoms with van der Waals surface area (Å²) in [5, 5.41) is 0. The highest BCUT2D eigenvalue weighted by atomic mass is 16.5. The fourth-order valence-corrected chi connectivity index (χ4v) is 6.81. The van der Waals surface area contributed by atoms with Crippen molar-refractivity contribution in [2.45, 2.75) is 53.6 Å². The van der Waals surface area contributed by atoms with E-state index in [1.807, 2.05) is 18.2 Å². The molecule has 0 aliphatic heterocycles. The first-order valence-electron chi connectivity index (χ1n) is 19.1. The van der Waals surface area contributed by atoms with Gasteiger partial charge in [-0.1, -0.05) is 76.2 Å². The van der Waals surface area contributed by atoms with Crippen molar-refractivity contribution in [2.24, 2.45) is 0 Å². The highest BCUT2D eigenvalue weighted by molar-refractivity contribution is 5.82. The van der Waals surface area contributed by atoms with E-state index in [4.69, 9.17) is 19.4 Å². The first kappa shape index (κ1) is 36.9. The molecule has 2 aromatic heterocycles. The van der Waals surface area contributed by atoms with Crippen LogP contribution in [-0.4, -0.2) is 81.4 Å².